The quantitative estimate of drug-likeness (QED) is 0.740. The number of anilines is 1. The number of hydrogen-bond acceptors (Lipinski definition) is 4. The molecule has 5 heteroatoms. The maximum atomic E-state index is 4.87. The van der Waals surface area contributed by atoms with Crippen molar-refractivity contribution in [3.8, 4) is 0 Å². The fourth-order valence-corrected chi connectivity index (χ4v) is 2.76. The van der Waals surface area contributed by atoms with Crippen molar-refractivity contribution >= 4 is 22.5 Å². The third-order valence-corrected chi connectivity index (χ3v) is 4.26. The van der Waals surface area contributed by atoms with Gasteiger partial charge in [0.1, 0.15) is 5.82 Å². The maximum Gasteiger partial charge on any atom is 0.213 e. The molecule has 0 N–H and O–H groups in total. The van der Waals surface area contributed by atoms with Crippen LogP contribution in [0.2, 0.25) is 0 Å². The summed E-state index contributed by atoms with van der Waals surface area (Å²) in [5.41, 5.74) is 3.14. The van der Waals surface area contributed by atoms with E-state index in [1.165, 1.54) is 18.4 Å². The lowest BCUT2D eigenvalue weighted by molar-refractivity contribution is 0.838. The second-order valence-corrected chi connectivity index (χ2v) is 5.94. The molecule has 2 aromatic heterocycles. The van der Waals surface area contributed by atoms with E-state index in [-0.39, 0.29) is 0 Å². The molecule has 0 aliphatic heterocycles. The van der Waals surface area contributed by atoms with E-state index in [1.54, 1.807) is 0 Å². The highest BCUT2D eigenvalue weighted by Gasteiger charge is 2.30. The summed E-state index contributed by atoms with van der Waals surface area (Å²) in [6, 6.07) is 6.32. The molecular weight excluding hydrogens is 262 g/mol. The zero-order chi connectivity index (χ0) is 14.6. The predicted octanol–water partition coefficient (Wildman–Crippen LogP) is 2.92. The van der Waals surface area contributed by atoms with Crippen molar-refractivity contribution in [2.75, 3.05) is 18.5 Å². The summed E-state index contributed by atoms with van der Waals surface area (Å²) < 4.78 is 2.16. The zero-order valence-electron chi connectivity index (χ0n) is 12.7. The Balaban J connectivity index is 2.12. The van der Waals surface area contributed by atoms with Crippen LogP contribution in [0.3, 0.4) is 0 Å². The van der Waals surface area contributed by atoms with Crippen molar-refractivity contribution in [3.05, 3.63) is 29.6 Å². The predicted molar refractivity (Wildman–Crippen MR) is 83.9 cm³/mol. The third-order valence-electron chi connectivity index (χ3n) is 4.26. The molecule has 1 aliphatic carbocycles. The molecule has 0 unspecified atom stereocenters. The van der Waals surface area contributed by atoms with Crippen LogP contribution in [0.4, 0.5) is 5.95 Å². The minimum atomic E-state index is 0.549. The minimum Gasteiger partial charge on any atom is -0.345 e. The van der Waals surface area contributed by atoms with E-state index in [2.05, 4.69) is 58.6 Å². The topological polar surface area (TPSA) is 46.3 Å². The smallest absolute Gasteiger partial charge is 0.213 e. The molecule has 0 bridgehead atoms. The molecule has 4 rings (SSSR count). The van der Waals surface area contributed by atoms with Crippen molar-refractivity contribution < 1.29 is 0 Å². The molecule has 2 heterocycles. The molecule has 21 heavy (non-hydrogen) atoms. The maximum absolute atomic E-state index is 4.87. The third kappa shape index (κ3) is 1.87. The van der Waals surface area contributed by atoms with Gasteiger partial charge in [-0.1, -0.05) is 11.6 Å². The lowest BCUT2D eigenvalue weighted by Crippen LogP contribution is -2.21. The first kappa shape index (κ1) is 12.6. The number of aryl methyl sites for hydroxylation is 1. The first-order chi connectivity index (χ1) is 10.2. The van der Waals surface area contributed by atoms with Gasteiger partial charge in [-0.2, -0.15) is 0 Å². The number of aromatic nitrogens is 4. The van der Waals surface area contributed by atoms with E-state index in [4.69, 9.17) is 4.98 Å². The Bertz CT molecular complexity index is 831. The molecule has 0 radical (unpaired) electrons. The molecule has 0 amide bonds. The first-order valence-electron chi connectivity index (χ1n) is 7.55. The summed E-state index contributed by atoms with van der Waals surface area (Å²) in [6.45, 7) is 5.13. The Morgan fingerprint density at radius 3 is 2.81 bits per heavy atom. The van der Waals surface area contributed by atoms with Gasteiger partial charge in [0.05, 0.1) is 5.52 Å². The zero-order valence-corrected chi connectivity index (χ0v) is 12.7. The molecule has 0 spiro atoms. The highest BCUT2D eigenvalue weighted by molar-refractivity contribution is 5.93. The number of rotatable bonds is 3. The van der Waals surface area contributed by atoms with Crippen LogP contribution in [-0.2, 0) is 0 Å². The number of benzene rings is 1. The molecule has 0 atom stereocenters. The number of fused-ring (bicyclic) bond motifs is 3. The molecule has 1 saturated carbocycles. The van der Waals surface area contributed by atoms with Crippen molar-refractivity contribution in [2.24, 2.45) is 0 Å². The van der Waals surface area contributed by atoms with Gasteiger partial charge >= 0.3 is 0 Å². The summed E-state index contributed by atoms with van der Waals surface area (Å²) in [6.07, 6.45) is 2.42. The fraction of sp³-hybridized carbons (Fsp3) is 0.438. The number of nitrogens with zero attached hydrogens (tertiary/aromatic N) is 5. The van der Waals surface area contributed by atoms with E-state index in [9.17, 15) is 0 Å². The Labute approximate surface area is 123 Å². The summed E-state index contributed by atoms with van der Waals surface area (Å²) in [4.78, 5) is 7.02. The SMILES string of the molecule is CCN(C)c1nc2ccc(C)cc2c2nnc(C3CC3)n12. The van der Waals surface area contributed by atoms with Crippen LogP contribution in [0.15, 0.2) is 18.2 Å². The lowest BCUT2D eigenvalue weighted by Gasteiger charge is -2.18. The largest absolute Gasteiger partial charge is 0.345 e. The fourth-order valence-electron chi connectivity index (χ4n) is 2.76. The molecule has 0 saturated heterocycles. The van der Waals surface area contributed by atoms with E-state index >= 15 is 0 Å². The van der Waals surface area contributed by atoms with Gasteiger partial charge in [0.25, 0.3) is 0 Å². The van der Waals surface area contributed by atoms with E-state index < -0.39 is 0 Å². The molecule has 1 aromatic carbocycles. The molecule has 1 aliphatic rings. The Morgan fingerprint density at radius 2 is 2.10 bits per heavy atom. The second kappa shape index (κ2) is 4.41. The first-order valence-corrected chi connectivity index (χ1v) is 7.55. The molecule has 5 nitrogen and oxygen atoms in total. The van der Waals surface area contributed by atoms with Crippen LogP contribution in [0.5, 0.6) is 0 Å². The van der Waals surface area contributed by atoms with Gasteiger partial charge in [-0.05, 0) is 38.8 Å². The Hall–Kier alpha value is -2.17. The van der Waals surface area contributed by atoms with Gasteiger partial charge < -0.3 is 4.90 Å². The normalized spacial score (nSPS) is 15.0. The van der Waals surface area contributed by atoms with Crippen LogP contribution in [0, 0.1) is 6.92 Å². The summed E-state index contributed by atoms with van der Waals surface area (Å²) in [7, 11) is 2.07. The van der Waals surface area contributed by atoms with Crippen molar-refractivity contribution in [3.63, 3.8) is 0 Å². The average Bonchev–Trinajstić information content (AvgIpc) is 3.24. The van der Waals surface area contributed by atoms with Crippen LogP contribution in [0.25, 0.3) is 16.6 Å². The molecule has 3 aromatic rings. The van der Waals surface area contributed by atoms with Gasteiger partial charge in [-0.25, -0.2) is 9.38 Å². The van der Waals surface area contributed by atoms with E-state index in [1.807, 2.05) is 0 Å². The van der Waals surface area contributed by atoms with Gasteiger partial charge in [0.2, 0.25) is 5.95 Å². The van der Waals surface area contributed by atoms with Crippen LogP contribution in [0.1, 0.15) is 37.1 Å². The van der Waals surface area contributed by atoms with Crippen molar-refractivity contribution in [1.29, 1.82) is 0 Å². The lowest BCUT2D eigenvalue weighted by atomic mass is 10.1. The van der Waals surface area contributed by atoms with Crippen LogP contribution < -0.4 is 4.90 Å². The highest BCUT2D eigenvalue weighted by Crippen LogP contribution is 2.40. The number of hydrogen-bond donors (Lipinski definition) is 0. The standard InChI is InChI=1S/C16H19N5/c1-4-20(3)16-17-13-8-5-10(2)9-12(13)15-19-18-14(21(15)16)11-6-7-11/h5,8-9,11H,4,6-7H2,1-3H3. The van der Waals surface area contributed by atoms with Gasteiger partial charge in [0, 0.05) is 24.9 Å². The summed E-state index contributed by atoms with van der Waals surface area (Å²) >= 11 is 0. The van der Waals surface area contributed by atoms with E-state index in [0.29, 0.717) is 5.92 Å². The van der Waals surface area contributed by atoms with Gasteiger partial charge in [-0.15, -0.1) is 10.2 Å². The van der Waals surface area contributed by atoms with Gasteiger partial charge in [0.15, 0.2) is 5.65 Å². The second-order valence-electron chi connectivity index (χ2n) is 5.94. The summed E-state index contributed by atoms with van der Waals surface area (Å²) in [5.74, 6) is 2.56. The van der Waals surface area contributed by atoms with Crippen LogP contribution >= 0.6 is 0 Å². The minimum absolute atomic E-state index is 0.549. The highest BCUT2D eigenvalue weighted by atomic mass is 15.3. The van der Waals surface area contributed by atoms with Crippen molar-refractivity contribution in [1.82, 2.24) is 19.6 Å². The van der Waals surface area contributed by atoms with Gasteiger partial charge in [-0.3, -0.25) is 0 Å². The Morgan fingerprint density at radius 1 is 1.29 bits per heavy atom. The van der Waals surface area contributed by atoms with Crippen LogP contribution in [-0.4, -0.2) is 33.2 Å². The average molecular weight is 281 g/mol. The molecule has 1 fully saturated rings. The van der Waals surface area contributed by atoms with Crippen molar-refractivity contribution in [2.45, 2.75) is 32.6 Å². The molecular formula is C16H19N5. The molecule has 108 valence electrons. The summed E-state index contributed by atoms with van der Waals surface area (Å²) in [5, 5.41) is 10.0. The monoisotopic (exact) mass is 281 g/mol. The van der Waals surface area contributed by atoms with E-state index in [0.717, 1.165) is 34.9 Å². The Kier molecular flexibility index (Phi) is 2.64.